The lowest BCUT2D eigenvalue weighted by Crippen LogP contribution is -2.33. The minimum Gasteiger partial charge on any atom is -0.394 e. The summed E-state index contributed by atoms with van der Waals surface area (Å²) in [5, 5.41) is 9.44. The summed E-state index contributed by atoms with van der Waals surface area (Å²) in [6, 6.07) is 0. The Morgan fingerprint density at radius 1 is 1.60 bits per heavy atom. The van der Waals surface area contributed by atoms with E-state index in [2.05, 4.69) is 4.98 Å². The first-order chi connectivity index (χ1) is 9.56. The second-order valence-corrected chi connectivity index (χ2v) is 6.07. The minimum absolute atomic E-state index is 0.0904. The average molecular weight is 301 g/mol. The monoisotopic (exact) mass is 301 g/mol. The van der Waals surface area contributed by atoms with E-state index in [1.807, 2.05) is 0 Å². The standard InChI is InChI=1S/C12H19N3O4S/c1-7-5-15(12(18)14-11(7)17)10-4-9(20-3-2-13)8(6-16)19-10/h5,8-10,16H,2-4,6,13H2,1H3,(H,14,17,18)/t8-,9+,10-/m1/s1. The van der Waals surface area contributed by atoms with Crippen LogP contribution in [0.2, 0.25) is 0 Å². The van der Waals surface area contributed by atoms with Gasteiger partial charge in [-0.05, 0) is 6.92 Å². The fourth-order valence-corrected chi connectivity index (χ4v) is 3.33. The maximum atomic E-state index is 11.8. The SMILES string of the molecule is Cc1cn([C@H]2C[C@H](SCCN)[C@@H](CO)O2)c(=O)[nH]c1=O. The average Bonchev–Trinajstić information content (AvgIpc) is 2.83. The number of aromatic amines is 1. The molecule has 1 aromatic heterocycles. The van der Waals surface area contributed by atoms with E-state index in [1.165, 1.54) is 10.8 Å². The van der Waals surface area contributed by atoms with Crippen LogP contribution in [-0.2, 0) is 4.74 Å². The van der Waals surface area contributed by atoms with Gasteiger partial charge in [-0.1, -0.05) is 0 Å². The summed E-state index contributed by atoms with van der Waals surface area (Å²) < 4.78 is 7.09. The van der Waals surface area contributed by atoms with Crippen LogP contribution >= 0.6 is 11.8 Å². The Kier molecular flexibility index (Phi) is 5.03. The van der Waals surface area contributed by atoms with Crippen molar-refractivity contribution in [2.75, 3.05) is 18.9 Å². The van der Waals surface area contributed by atoms with Gasteiger partial charge in [-0.15, -0.1) is 0 Å². The van der Waals surface area contributed by atoms with Crippen LogP contribution in [0.1, 0.15) is 18.2 Å². The Morgan fingerprint density at radius 3 is 3.00 bits per heavy atom. The highest BCUT2D eigenvalue weighted by Crippen LogP contribution is 2.35. The van der Waals surface area contributed by atoms with Crippen LogP contribution in [0.5, 0.6) is 0 Å². The van der Waals surface area contributed by atoms with Gasteiger partial charge in [-0.2, -0.15) is 11.8 Å². The molecule has 0 radical (unpaired) electrons. The fraction of sp³-hybridized carbons (Fsp3) is 0.667. The van der Waals surface area contributed by atoms with E-state index in [9.17, 15) is 14.7 Å². The molecule has 7 nitrogen and oxygen atoms in total. The smallest absolute Gasteiger partial charge is 0.330 e. The number of rotatable bonds is 5. The van der Waals surface area contributed by atoms with Gasteiger partial charge in [0.25, 0.3) is 5.56 Å². The molecule has 112 valence electrons. The molecule has 1 aliphatic rings. The van der Waals surface area contributed by atoms with E-state index >= 15 is 0 Å². The van der Waals surface area contributed by atoms with Crippen LogP contribution in [0.15, 0.2) is 15.8 Å². The maximum Gasteiger partial charge on any atom is 0.330 e. The van der Waals surface area contributed by atoms with Crippen molar-refractivity contribution >= 4 is 11.8 Å². The van der Waals surface area contributed by atoms with Gasteiger partial charge in [0, 0.05) is 35.7 Å². The van der Waals surface area contributed by atoms with Crippen LogP contribution in [0.25, 0.3) is 0 Å². The predicted octanol–water partition coefficient (Wildman–Crippen LogP) is -0.815. The number of H-pyrrole nitrogens is 1. The quantitative estimate of drug-likeness (QED) is 0.656. The van der Waals surface area contributed by atoms with E-state index in [-0.39, 0.29) is 18.0 Å². The molecule has 0 bridgehead atoms. The number of nitrogens with zero attached hydrogens (tertiary/aromatic N) is 1. The van der Waals surface area contributed by atoms with E-state index in [0.29, 0.717) is 18.5 Å². The van der Waals surface area contributed by atoms with Gasteiger partial charge in [0.15, 0.2) is 0 Å². The van der Waals surface area contributed by atoms with E-state index in [4.69, 9.17) is 10.5 Å². The Hall–Kier alpha value is -1.09. The third kappa shape index (κ3) is 3.14. The third-order valence-electron chi connectivity index (χ3n) is 3.27. The molecule has 3 atom stereocenters. The molecule has 1 aliphatic heterocycles. The highest BCUT2D eigenvalue weighted by Gasteiger charge is 2.36. The lowest BCUT2D eigenvalue weighted by Gasteiger charge is -2.15. The summed E-state index contributed by atoms with van der Waals surface area (Å²) in [4.78, 5) is 25.5. The van der Waals surface area contributed by atoms with Crippen molar-refractivity contribution in [3.63, 3.8) is 0 Å². The van der Waals surface area contributed by atoms with Gasteiger partial charge in [-0.3, -0.25) is 14.3 Å². The molecule has 1 fully saturated rings. The molecule has 0 aliphatic carbocycles. The van der Waals surface area contributed by atoms with Crippen LogP contribution in [0, 0.1) is 6.92 Å². The van der Waals surface area contributed by atoms with Gasteiger partial charge in [0.1, 0.15) is 6.23 Å². The number of hydrogen-bond acceptors (Lipinski definition) is 6. The summed E-state index contributed by atoms with van der Waals surface area (Å²) in [6.45, 7) is 2.09. The Bertz CT molecular complexity index is 571. The van der Waals surface area contributed by atoms with Crippen molar-refractivity contribution in [2.24, 2.45) is 5.73 Å². The summed E-state index contributed by atoms with van der Waals surface area (Å²) in [6.07, 6.45) is 1.30. The first-order valence-electron chi connectivity index (χ1n) is 6.47. The normalized spacial score (nSPS) is 26.1. The topological polar surface area (TPSA) is 110 Å². The molecule has 4 N–H and O–H groups in total. The Morgan fingerprint density at radius 2 is 2.35 bits per heavy atom. The number of aliphatic hydroxyl groups excluding tert-OH is 1. The van der Waals surface area contributed by atoms with Gasteiger partial charge in [0.05, 0.1) is 12.7 Å². The number of nitrogens with two attached hydrogens (primary N) is 1. The lowest BCUT2D eigenvalue weighted by atomic mass is 10.2. The molecule has 20 heavy (non-hydrogen) atoms. The van der Waals surface area contributed by atoms with Crippen molar-refractivity contribution in [2.45, 2.75) is 30.9 Å². The second-order valence-electron chi connectivity index (χ2n) is 4.72. The molecule has 0 spiro atoms. The van der Waals surface area contributed by atoms with Crippen molar-refractivity contribution in [3.8, 4) is 0 Å². The number of nitrogens with one attached hydrogen (secondary N) is 1. The highest BCUT2D eigenvalue weighted by atomic mass is 32.2. The van der Waals surface area contributed by atoms with Crippen molar-refractivity contribution in [3.05, 3.63) is 32.6 Å². The number of aliphatic hydroxyl groups is 1. The largest absolute Gasteiger partial charge is 0.394 e. The molecule has 1 saturated heterocycles. The van der Waals surface area contributed by atoms with Gasteiger partial charge in [0.2, 0.25) is 0 Å². The van der Waals surface area contributed by atoms with E-state index in [0.717, 1.165) is 5.75 Å². The van der Waals surface area contributed by atoms with Crippen LogP contribution < -0.4 is 17.0 Å². The summed E-state index contributed by atoms with van der Waals surface area (Å²) in [5.41, 5.74) is 5.05. The molecular formula is C12H19N3O4S. The van der Waals surface area contributed by atoms with Crippen molar-refractivity contribution in [1.82, 2.24) is 9.55 Å². The van der Waals surface area contributed by atoms with Gasteiger partial charge in [-0.25, -0.2) is 4.79 Å². The second kappa shape index (κ2) is 6.57. The first-order valence-corrected chi connectivity index (χ1v) is 7.51. The molecule has 2 rings (SSSR count). The predicted molar refractivity (Wildman–Crippen MR) is 77.0 cm³/mol. The molecule has 0 saturated carbocycles. The number of ether oxygens (including phenoxy) is 1. The summed E-state index contributed by atoms with van der Waals surface area (Å²) in [7, 11) is 0. The number of aromatic nitrogens is 2. The zero-order chi connectivity index (χ0) is 14.7. The van der Waals surface area contributed by atoms with Crippen molar-refractivity contribution < 1.29 is 9.84 Å². The van der Waals surface area contributed by atoms with Crippen molar-refractivity contribution in [1.29, 1.82) is 0 Å². The summed E-state index contributed by atoms with van der Waals surface area (Å²) in [5.74, 6) is 0.775. The van der Waals surface area contributed by atoms with Crippen LogP contribution in [0.3, 0.4) is 0 Å². The zero-order valence-electron chi connectivity index (χ0n) is 11.2. The number of aryl methyl sites for hydroxylation is 1. The molecule has 0 aromatic carbocycles. The Balaban J connectivity index is 2.20. The Labute approximate surface area is 120 Å². The summed E-state index contributed by atoms with van der Waals surface area (Å²) >= 11 is 1.63. The maximum absolute atomic E-state index is 11.8. The van der Waals surface area contributed by atoms with Crippen LogP contribution in [0.4, 0.5) is 0 Å². The molecule has 8 heteroatoms. The van der Waals surface area contributed by atoms with Gasteiger partial charge < -0.3 is 15.6 Å². The van der Waals surface area contributed by atoms with Crippen LogP contribution in [-0.4, -0.2) is 44.9 Å². The first kappa shape index (κ1) is 15.3. The highest BCUT2D eigenvalue weighted by molar-refractivity contribution is 8.00. The molecule has 2 heterocycles. The minimum atomic E-state index is -0.494. The van der Waals surface area contributed by atoms with E-state index < -0.39 is 17.5 Å². The number of thioether (sulfide) groups is 1. The van der Waals surface area contributed by atoms with E-state index in [1.54, 1.807) is 18.7 Å². The molecule has 0 unspecified atom stereocenters. The molecule has 1 aromatic rings. The molecular weight excluding hydrogens is 282 g/mol. The fourth-order valence-electron chi connectivity index (χ4n) is 2.23. The lowest BCUT2D eigenvalue weighted by molar-refractivity contribution is -0.0238. The van der Waals surface area contributed by atoms with Gasteiger partial charge >= 0.3 is 5.69 Å². The zero-order valence-corrected chi connectivity index (χ0v) is 12.1. The number of hydrogen-bond donors (Lipinski definition) is 3. The molecule has 0 amide bonds. The third-order valence-corrected chi connectivity index (χ3v) is 4.66.